The van der Waals surface area contributed by atoms with Gasteiger partial charge >= 0.3 is 0 Å². The van der Waals surface area contributed by atoms with E-state index in [1.54, 1.807) is 11.4 Å². The lowest BCUT2D eigenvalue weighted by atomic mass is 10.2. The minimum absolute atomic E-state index is 0.0677. The Morgan fingerprint density at radius 1 is 1.39 bits per heavy atom. The van der Waals surface area contributed by atoms with Gasteiger partial charge in [0.1, 0.15) is 4.75 Å². The van der Waals surface area contributed by atoms with Crippen LogP contribution in [0, 0.1) is 5.92 Å². The van der Waals surface area contributed by atoms with Crippen molar-refractivity contribution < 1.29 is 17.9 Å². The summed E-state index contributed by atoms with van der Waals surface area (Å²) in [5.41, 5.74) is 0. The summed E-state index contributed by atoms with van der Waals surface area (Å²) < 4.78 is 37.3. The molecule has 2 saturated carbocycles. The molecule has 3 aliphatic rings. The Labute approximate surface area is 108 Å². The van der Waals surface area contributed by atoms with Gasteiger partial charge in [-0.05, 0) is 31.6 Å². The molecule has 2 aliphatic carbocycles. The van der Waals surface area contributed by atoms with Crippen LogP contribution in [0.5, 0.6) is 0 Å². The molecular formula is C12H21NO4S. The van der Waals surface area contributed by atoms with E-state index in [-0.39, 0.29) is 6.04 Å². The summed E-state index contributed by atoms with van der Waals surface area (Å²) in [4.78, 5) is 0. The fraction of sp³-hybridized carbons (Fsp3) is 1.00. The van der Waals surface area contributed by atoms with E-state index < -0.39 is 14.8 Å². The van der Waals surface area contributed by atoms with Crippen LogP contribution in [0.3, 0.4) is 0 Å². The van der Waals surface area contributed by atoms with Crippen molar-refractivity contribution in [3.05, 3.63) is 0 Å². The van der Waals surface area contributed by atoms with Gasteiger partial charge in [-0.2, -0.15) is 4.31 Å². The zero-order chi connectivity index (χ0) is 12.8. The first-order chi connectivity index (χ1) is 8.61. The Bertz CT molecular complexity index is 414. The van der Waals surface area contributed by atoms with Crippen LogP contribution in [0.25, 0.3) is 0 Å². The summed E-state index contributed by atoms with van der Waals surface area (Å²) in [6.45, 7) is 1.91. The Hall–Kier alpha value is -0.170. The van der Waals surface area contributed by atoms with E-state index in [1.807, 2.05) is 0 Å². The molecule has 0 amide bonds. The molecule has 104 valence electrons. The van der Waals surface area contributed by atoms with Gasteiger partial charge in [-0.1, -0.05) is 0 Å². The number of methoxy groups -OCH3 is 1. The molecule has 1 heterocycles. The van der Waals surface area contributed by atoms with E-state index in [9.17, 15) is 8.42 Å². The maximum Gasteiger partial charge on any atom is 0.222 e. The first-order valence-electron chi connectivity index (χ1n) is 6.69. The fourth-order valence-corrected chi connectivity index (χ4v) is 5.17. The molecule has 0 aromatic heterocycles. The molecule has 3 rings (SSSR count). The lowest BCUT2D eigenvalue weighted by molar-refractivity contribution is 0.0235. The monoisotopic (exact) mass is 275 g/mol. The number of ether oxygens (including phenoxy) is 2. The Morgan fingerprint density at radius 2 is 2.11 bits per heavy atom. The third-order valence-corrected chi connectivity index (χ3v) is 7.04. The van der Waals surface area contributed by atoms with Gasteiger partial charge in [0, 0.05) is 13.7 Å². The minimum atomic E-state index is -3.24. The Balaban J connectivity index is 1.82. The highest BCUT2D eigenvalue weighted by molar-refractivity contribution is 7.90. The molecule has 18 heavy (non-hydrogen) atoms. The molecule has 6 heteroatoms. The van der Waals surface area contributed by atoms with Gasteiger partial charge in [-0.3, -0.25) is 0 Å². The molecule has 0 aromatic rings. The van der Waals surface area contributed by atoms with Crippen LogP contribution in [0.15, 0.2) is 0 Å². The van der Waals surface area contributed by atoms with E-state index in [0.29, 0.717) is 32.3 Å². The molecular weight excluding hydrogens is 254 g/mol. The van der Waals surface area contributed by atoms with Gasteiger partial charge in [-0.25, -0.2) is 8.42 Å². The first-order valence-corrected chi connectivity index (χ1v) is 8.13. The SMILES string of the molecule is COCC1(S(=O)(=O)N2CCOCC2C2CC2)CC1. The van der Waals surface area contributed by atoms with Crippen LogP contribution < -0.4 is 0 Å². The van der Waals surface area contributed by atoms with Crippen LogP contribution in [-0.4, -0.2) is 57.0 Å². The fourth-order valence-electron chi connectivity index (χ4n) is 2.89. The predicted octanol–water partition coefficient (Wildman–Crippen LogP) is 0.606. The van der Waals surface area contributed by atoms with Gasteiger partial charge < -0.3 is 9.47 Å². The van der Waals surface area contributed by atoms with Gasteiger partial charge in [0.25, 0.3) is 0 Å². The van der Waals surface area contributed by atoms with E-state index in [2.05, 4.69) is 0 Å². The molecule has 3 fully saturated rings. The van der Waals surface area contributed by atoms with E-state index in [0.717, 1.165) is 25.7 Å². The second kappa shape index (κ2) is 4.44. The van der Waals surface area contributed by atoms with Crippen molar-refractivity contribution in [3.63, 3.8) is 0 Å². The normalized spacial score (nSPS) is 32.4. The summed E-state index contributed by atoms with van der Waals surface area (Å²) in [6.07, 6.45) is 3.74. The average molecular weight is 275 g/mol. The standard InChI is InChI=1S/C12H21NO4S/c1-16-9-12(4-5-12)18(14,15)13-6-7-17-8-11(13)10-2-3-10/h10-11H,2-9H2,1H3. The summed E-state index contributed by atoms with van der Waals surface area (Å²) >= 11 is 0. The summed E-state index contributed by atoms with van der Waals surface area (Å²) in [5.74, 6) is 0.512. The van der Waals surface area contributed by atoms with Crippen molar-refractivity contribution in [1.29, 1.82) is 0 Å². The zero-order valence-electron chi connectivity index (χ0n) is 10.8. The van der Waals surface area contributed by atoms with E-state index in [4.69, 9.17) is 9.47 Å². The maximum atomic E-state index is 12.8. The number of morpholine rings is 1. The Kier molecular flexibility index (Phi) is 3.17. The number of rotatable bonds is 5. The number of hydrogen-bond donors (Lipinski definition) is 0. The topological polar surface area (TPSA) is 55.8 Å². The summed E-state index contributed by atoms with van der Waals surface area (Å²) in [7, 11) is -1.66. The van der Waals surface area contributed by atoms with Crippen molar-refractivity contribution >= 4 is 10.0 Å². The number of hydrogen-bond acceptors (Lipinski definition) is 4. The lowest BCUT2D eigenvalue weighted by Gasteiger charge is -2.37. The van der Waals surface area contributed by atoms with Crippen LogP contribution >= 0.6 is 0 Å². The molecule has 5 nitrogen and oxygen atoms in total. The summed E-state index contributed by atoms with van der Waals surface area (Å²) in [5, 5.41) is 0. The second-order valence-electron chi connectivity index (χ2n) is 5.71. The second-order valence-corrected chi connectivity index (χ2v) is 8.00. The molecule has 0 spiro atoms. The molecule has 1 saturated heterocycles. The Morgan fingerprint density at radius 3 is 2.67 bits per heavy atom. The van der Waals surface area contributed by atoms with Crippen molar-refractivity contribution in [3.8, 4) is 0 Å². The average Bonchev–Trinajstić information content (AvgIpc) is 3.24. The molecule has 1 unspecified atom stereocenters. The van der Waals surface area contributed by atoms with Crippen molar-refractivity contribution in [2.24, 2.45) is 5.92 Å². The van der Waals surface area contributed by atoms with Crippen LogP contribution in [0.4, 0.5) is 0 Å². The van der Waals surface area contributed by atoms with Crippen molar-refractivity contribution in [2.75, 3.05) is 33.5 Å². The zero-order valence-corrected chi connectivity index (χ0v) is 11.6. The highest BCUT2D eigenvalue weighted by Gasteiger charge is 2.59. The van der Waals surface area contributed by atoms with Crippen LogP contribution in [0.2, 0.25) is 0 Å². The quantitative estimate of drug-likeness (QED) is 0.737. The van der Waals surface area contributed by atoms with Crippen LogP contribution in [0.1, 0.15) is 25.7 Å². The third-order valence-electron chi connectivity index (χ3n) is 4.35. The van der Waals surface area contributed by atoms with Crippen LogP contribution in [-0.2, 0) is 19.5 Å². The molecule has 0 radical (unpaired) electrons. The van der Waals surface area contributed by atoms with Gasteiger partial charge in [0.05, 0.1) is 25.9 Å². The highest BCUT2D eigenvalue weighted by Crippen LogP contribution is 2.48. The van der Waals surface area contributed by atoms with E-state index in [1.165, 1.54) is 0 Å². The van der Waals surface area contributed by atoms with Gasteiger partial charge in [0.2, 0.25) is 10.0 Å². The van der Waals surface area contributed by atoms with Gasteiger partial charge in [-0.15, -0.1) is 0 Å². The number of nitrogens with zero attached hydrogens (tertiary/aromatic N) is 1. The molecule has 0 aromatic carbocycles. The molecule has 1 atom stereocenters. The molecule has 0 N–H and O–H groups in total. The third kappa shape index (κ3) is 1.99. The molecule has 1 aliphatic heterocycles. The smallest absolute Gasteiger partial charge is 0.222 e. The highest BCUT2D eigenvalue weighted by atomic mass is 32.2. The first kappa shape index (κ1) is 12.8. The van der Waals surface area contributed by atoms with Gasteiger partial charge in [0.15, 0.2) is 0 Å². The number of sulfonamides is 1. The molecule has 0 bridgehead atoms. The minimum Gasteiger partial charge on any atom is -0.383 e. The van der Waals surface area contributed by atoms with E-state index >= 15 is 0 Å². The lowest BCUT2D eigenvalue weighted by Crippen LogP contribution is -2.54. The summed E-state index contributed by atoms with van der Waals surface area (Å²) in [6, 6.07) is 0.0677. The van der Waals surface area contributed by atoms with Crippen molar-refractivity contribution in [1.82, 2.24) is 4.31 Å². The predicted molar refractivity (Wildman–Crippen MR) is 66.8 cm³/mol. The maximum absolute atomic E-state index is 12.8. The van der Waals surface area contributed by atoms with Crippen molar-refractivity contribution in [2.45, 2.75) is 36.5 Å². The largest absolute Gasteiger partial charge is 0.383 e.